The van der Waals surface area contributed by atoms with Crippen LogP contribution in [0.2, 0.25) is 0 Å². The monoisotopic (exact) mass is 446 g/mol. The molecule has 1 aliphatic heterocycles. The van der Waals surface area contributed by atoms with E-state index in [1.54, 1.807) is 6.92 Å². The average molecular weight is 447 g/mol. The SMILES string of the molecule is CC(=N)OC(=N)C1C[C@H](C)C[C@@H](C)N1C(=O)Nc1cc(-c2ncc(F)cn2)c(C)cc1F.[HH]. The van der Waals surface area contributed by atoms with E-state index in [9.17, 15) is 13.6 Å². The molecule has 10 heteroatoms. The summed E-state index contributed by atoms with van der Waals surface area (Å²) in [6.07, 6.45) is 3.24. The lowest BCUT2D eigenvalue weighted by molar-refractivity contribution is 0.121. The van der Waals surface area contributed by atoms with Crippen molar-refractivity contribution < 1.29 is 19.7 Å². The number of likely N-dealkylation sites (tertiary alicyclic amines) is 1. The van der Waals surface area contributed by atoms with E-state index in [0.29, 0.717) is 24.0 Å². The largest absolute Gasteiger partial charge is 0.428 e. The first kappa shape index (κ1) is 23.2. The second kappa shape index (κ2) is 9.37. The predicted molar refractivity (Wildman–Crippen MR) is 119 cm³/mol. The molecule has 3 N–H and O–H groups in total. The van der Waals surface area contributed by atoms with Crippen molar-refractivity contribution >= 4 is 23.5 Å². The summed E-state index contributed by atoms with van der Waals surface area (Å²) < 4.78 is 33.0. The molecule has 3 rings (SSSR count). The van der Waals surface area contributed by atoms with Crippen molar-refractivity contribution in [2.75, 3.05) is 5.32 Å². The molecule has 3 atom stereocenters. The van der Waals surface area contributed by atoms with Crippen molar-refractivity contribution in [3.05, 3.63) is 41.7 Å². The first-order valence-corrected chi connectivity index (χ1v) is 10.3. The quantitative estimate of drug-likeness (QED) is 0.455. The van der Waals surface area contributed by atoms with Crippen LogP contribution in [0, 0.1) is 35.3 Å². The van der Waals surface area contributed by atoms with E-state index in [0.717, 1.165) is 12.4 Å². The highest BCUT2D eigenvalue weighted by atomic mass is 19.1. The molecule has 1 aliphatic rings. The van der Waals surface area contributed by atoms with Gasteiger partial charge in [-0.1, -0.05) is 6.92 Å². The van der Waals surface area contributed by atoms with Crippen LogP contribution >= 0.6 is 0 Å². The van der Waals surface area contributed by atoms with Crippen LogP contribution in [0.5, 0.6) is 0 Å². The molecule has 1 saturated heterocycles. The zero-order chi connectivity index (χ0) is 23.6. The Balaban J connectivity index is 0.00000385. The number of urea groups is 1. The van der Waals surface area contributed by atoms with E-state index in [1.807, 2.05) is 13.8 Å². The van der Waals surface area contributed by atoms with Crippen molar-refractivity contribution in [2.24, 2.45) is 5.92 Å². The number of nitrogens with zero attached hydrogens (tertiary/aromatic N) is 3. The van der Waals surface area contributed by atoms with Gasteiger partial charge in [0.05, 0.1) is 18.1 Å². The van der Waals surface area contributed by atoms with Crippen molar-refractivity contribution in [1.82, 2.24) is 14.9 Å². The van der Waals surface area contributed by atoms with Crippen LogP contribution in [-0.2, 0) is 4.74 Å². The van der Waals surface area contributed by atoms with Crippen LogP contribution in [0.3, 0.4) is 0 Å². The Morgan fingerprint density at radius 2 is 1.88 bits per heavy atom. The molecule has 0 spiro atoms. The van der Waals surface area contributed by atoms with E-state index in [2.05, 4.69) is 15.3 Å². The smallest absolute Gasteiger partial charge is 0.322 e. The summed E-state index contributed by atoms with van der Waals surface area (Å²) in [6.45, 7) is 6.96. The molecule has 2 heterocycles. The van der Waals surface area contributed by atoms with Gasteiger partial charge in [-0.15, -0.1) is 0 Å². The fourth-order valence-corrected chi connectivity index (χ4v) is 4.04. The Morgan fingerprint density at radius 3 is 2.50 bits per heavy atom. The predicted octanol–water partition coefficient (Wildman–Crippen LogP) is 4.99. The molecule has 0 bridgehead atoms. The van der Waals surface area contributed by atoms with E-state index in [1.165, 1.54) is 24.0 Å². The number of amides is 2. The van der Waals surface area contributed by atoms with Crippen molar-refractivity contribution in [3.63, 3.8) is 0 Å². The summed E-state index contributed by atoms with van der Waals surface area (Å²) in [5.41, 5.74) is 0.902. The minimum atomic E-state index is -0.678. The van der Waals surface area contributed by atoms with Gasteiger partial charge in [0.15, 0.2) is 17.5 Å². The van der Waals surface area contributed by atoms with Gasteiger partial charge in [-0.2, -0.15) is 0 Å². The number of hydrogen-bond donors (Lipinski definition) is 3. The lowest BCUT2D eigenvalue weighted by Gasteiger charge is -2.42. The average Bonchev–Trinajstić information content (AvgIpc) is 2.69. The van der Waals surface area contributed by atoms with Crippen LogP contribution in [0.25, 0.3) is 11.4 Å². The number of anilines is 1. The number of hydrogen-bond acceptors (Lipinski definition) is 6. The third kappa shape index (κ3) is 5.06. The normalized spacial score (nSPS) is 20.6. The van der Waals surface area contributed by atoms with Gasteiger partial charge in [0.2, 0.25) is 5.90 Å². The van der Waals surface area contributed by atoms with Gasteiger partial charge in [0.25, 0.3) is 0 Å². The summed E-state index contributed by atoms with van der Waals surface area (Å²) in [5, 5.41) is 18.3. The van der Waals surface area contributed by atoms with Crippen LogP contribution in [0.1, 0.15) is 40.6 Å². The molecule has 172 valence electrons. The molecular formula is C22H28F2N6O2. The highest BCUT2D eigenvalue weighted by molar-refractivity contribution is 5.96. The molecule has 1 unspecified atom stereocenters. The molecule has 1 aromatic heterocycles. The molecule has 0 saturated carbocycles. The molecule has 2 amide bonds. The molecule has 2 aromatic rings. The van der Waals surface area contributed by atoms with Crippen molar-refractivity contribution in [3.8, 4) is 11.4 Å². The third-order valence-corrected chi connectivity index (χ3v) is 5.40. The van der Waals surface area contributed by atoms with Gasteiger partial charge in [-0.3, -0.25) is 10.8 Å². The standard InChI is InChI=1S/C22H26F2N6O2.H2/c1-11-5-13(3)30(19(6-11)20(26)32-14(4)25)22(31)29-18-8-16(12(2)7-17(18)24)21-27-9-15(23)10-28-21;/h7-11,13,19,25-26H,5-6H2,1-4H3,(H,29,31);1H/t11-,13-,19?;/m1./s1. The lowest BCUT2D eigenvalue weighted by Crippen LogP contribution is -2.56. The third-order valence-electron chi connectivity index (χ3n) is 5.40. The summed E-state index contributed by atoms with van der Waals surface area (Å²) in [7, 11) is 0. The van der Waals surface area contributed by atoms with Gasteiger partial charge in [-0.25, -0.2) is 23.5 Å². The fourth-order valence-electron chi connectivity index (χ4n) is 4.04. The highest BCUT2D eigenvalue weighted by Gasteiger charge is 2.38. The number of halogens is 2. The number of carbonyl (C=O) groups is 1. The maximum atomic E-state index is 14.7. The number of piperidine rings is 1. The van der Waals surface area contributed by atoms with Gasteiger partial charge in [0, 0.05) is 20.0 Å². The highest BCUT2D eigenvalue weighted by Crippen LogP contribution is 2.31. The van der Waals surface area contributed by atoms with Gasteiger partial charge >= 0.3 is 6.03 Å². The Morgan fingerprint density at radius 1 is 1.22 bits per heavy atom. The molecule has 8 nitrogen and oxygen atoms in total. The number of carbonyl (C=O) groups excluding carboxylic acids is 1. The summed E-state index contributed by atoms with van der Waals surface area (Å²) in [4.78, 5) is 22.5. The molecule has 1 fully saturated rings. The minimum Gasteiger partial charge on any atom is -0.428 e. The van der Waals surface area contributed by atoms with E-state index in [4.69, 9.17) is 15.6 Å². The summed E-state index contributed by atoms with van der Waals surface area (Å²) in [6, 6.07) is 1.17. The Hall–Kier alpha value is -3.43. The number of aromatic nitrogens is 2. The first-order valence-electron chi connectivity index (χ1n) is 10.3. The maximum absolute atomic E-state index is 14.7. The number of nitrogens with one attached hydrogen (secondary N) is 3. The number of ether oxygens (including phenoxy) is 1. The van der Waals surface area contributed by atoms with Crippen LogP contribution in [0.15, 0.2) is 24.5 Å². The first-order chi connectivity index (χ1) is 15.1. The Kier molecular flexibility index (Phi) is 6.81. The number of aryl methyl sites for hydroxylation is 1. The van der Waals surface area contributed by atoms with Crippen LogP contribution in [0.4, 0.5) is 19.3 Å². The Labute approximate surface area is 186 Å². The fraction of sp³-hybridized carbons (Fsp3) is 0.409. The minimum absolute atomic E-state index is 0. The van der Waals surface area contributed by atoms with Crippen molar-refractivity contribution in [2.45, 2.75) is 52.6 Å². The molecule has 0 aliphatic carbocycles. The van der Waals surface area contributed by atoms with Crippen molar-refractivity contribution in [1.29, 1.82) is 10.8 Å². The molecule has 32 heavy (non-hydrogen) atoms. The molecular weight excluding hydrogens is 418 g/mol. The molecule has 1 aromatic carbocycles. The summed E-state index contributed by atoms with van der Waals surface area (Å²) >= 11 is 0. The number of rotatable bonds is 3. The number of benzene rings is 1. The second-order valence-electron chi connectivity index (χ2n) is 8.17. The van der Waals surface area contributed by atoms with E-state index >= 15 is 0 Å². The van der Waals surface area contributed by atoms with Gasteiger partial charge in [-0.05, 0) is 50.3 Å². The van der Waals surface area contributed by atoms with Gasteiger partial charge in [0.1, 0.15) is 11.9 Å². The van der Waals surface area contributed by atoms with E-state index < -0.39 is 23.7 Å². The van der Waals surface area contributed by atoms with Crippen LogP contribution in [-0.4, -0.2) is 44.8 Å². The van der Waals surface area contributed by atoms with Crippen LogP contribution < -0.4 is 5.32 Å². The topological polar surface area (TPSA) is 115 Å². The van der Waals surface area contributed by atoms with E-state index in [-0.39, 0.29) is 36.7 Å². The zero-order valence-electron chi connectivity index (χ0n) is 18.4. The van der Waals surface area contributed by atoms with Gasteiger partial charge < -0.3 is 15.0 Å². The maximum Gasteiger partial charge on any atom is 0.322 e. The zero-order valence-corrected chi connectivity index (χ0v) is 18.4. The Bertz CT molecular complexity index is 1050. The summed E-state index contributed by atoms with van der Waals surface area (Å²) in [5.74, 6) is -1.13. The second-order valence-corrected chi connectivity index (χ2v) is 8.17. The molecule has 0 radical (unpaired) electrons. The lowest BCUT2D eigenvalue weighted by atomic mass is 9.88.